The van der Waals surface area contributed by atoms with Crippen LogP contribution < -0.4 is 5.32 Å². The van der Waals surface area contributed by atoms with Gasteiger partial charge in [-0.3, -0.25) is 4.79 Å². The predicted molar refractivity (Wildman–Crippen MR) is 127 cm³/mol. The molecular formula is C26H23NO3S. The molecule has 1 amide bonds. The lowest BCUT2D eigenvalue weighted by atomic mass is 10.0. The van der Waals surface area contributed by atoms with Gasteiger partial charge >= 0.3 is 5.97 Å². The summed E-state index contributed by atoms with van der Waals surface area (Å²) in [4.78, 5) is 25.9. The Bertz CT molecular complexity index is 1240. The van der Waals surface area contributed by atoms with E-state index >= 15 is 0 Å². The Kier molecular flexibility index (Phi) is 6.14. The average Bonchev–Trinajstić information content (AvgIpc) is 3.22. The first kappa shape index (κ1) is 20.8. The molecule has 0 unspecified atom stereocenters. The van der Waals surface area contributed by atoms with E-state index in [1.165, 1.54) is 16.9 Å². The first-order valence-electron chi connectivity index (χ1n) is 10.3. The summed E-state index contributed by atoms with van der Waals surface area (Å²) in [6, 6.07) is 21.5. The molecule has 0 radical (unpaired) electrons. The number of nitrogens with one attached hydrogen (secondary N) is 1. The van der Waals surface area contributed by atoms with Gasteiger partial charge < -0.3 is 10.1 Å². The topological polar surface area (TPSA) is 55.4 Å². The third kappa shape index (κ3) is 4.23. The molecule has 0 saturated carbocycles. The summed E-state index contributed by atoms with van der Waals surface area (Å²) >= 11 is 1.33. The van der Waals surface area contributed by atoms with Gasteiger partial charge in [-0.1, -0.05) is 67.6 Å². The third-order valence-corrected chi connectivity index (χ3v) is 6.10. The Morgan fingerprint density at radius 1 is 0.935 bits per heavy atom. The molecule has 0 aliphatic rings. The number of ether oxygens (including phenoxy) is 1. The van der Waals surface area contributed by atoms with E-state index in [4.69, 9.17) is 4.74 Å². The van der Waals surface area contributed by atoms with Crippen LogP contribution in [-0.2, 0) is 11.2 Å². The fourth-order valence-electron chi connectivity index (χ4n) is 3.58. The Labute approximate surface area is 185 Å². The monoisotopic (exact) mass is 429 g/mol. The van der Waals surface area contributed by atoms with Gasteiger partial charge in [0.2, 0.25) is 0 Å². The van der Waals surface area contributed by atoms with Crippen molar-refractivity contribution >= 4 is 39.0 Å². The highest BCUT2D eigenvalue weighted by Gasteiger charge is 2.23. The van der Waals surface area contributed by atoms with Gasteiger partial charge in [-0.15, -0.1) is 11.3 Å². The van der Waals surface area contributed by atoms with Crippen LogP contribution >= 0.6 is 11.3 Å². The Morgan fingerprint density at radius 2 is 1.68 bits per heavy atom. The molecule has 3 aromatic carbocycles. The Balaban J connectivity index is 1.73. The normalized spacial score (nSPS) is 10.8. The largest absolute Gasteiger partial charge is 0.462 e. The van der Waals surface area contributed by atoms with Crippen molar-refractivity contribution in [1.29, 1.82) is 0 Å². The van der Waals surface area contributed by atoms with Crippen LogP contribution in [0.4, 0.5) is 5.00 Å². The van der Waals surface area contributed by atoms with E-state index in [-0.39, 0.29) is 12.5 Å². The van der Waals surface area contributed by atoms with Gasteiger partial charge in [-0.05, 0) is 41.3 Å². The smallest absolute Gasteiger partial charge is 0.341 e. The van der Waals surface area contributed by atoms with Gasteiger partial charge in [0.1, 0.15) is 10.6 Å². The molecule has 1 heterocycles. The minimum atomic E-state index is -0.438. The highest BCUT2D eigenvalue weighted by atomic mass is 32.1. The summed E-state index contributed by atoms with van der Waals surface area (Å²) < 4.78 is 5.31. The van der Waals surface area contributed by atoms with Gasteiger partial charge in [0, 0.05) is 16.5 Å². The van der Waals surface area contributed by atoms with Gasteiger partial charge in [0.25, 0.3) is 5.91 Å². The molecule has 0 spiro atoms. The first-order valence-corrected chi connectivity index (χ1v) is 11.2. The number of hydrogen-bond donors (Lipinski definition) is 1. The lowest BCUT2D eigenvalue weighted by molar-refractivity contribution is 0.0529. The van der Waals surface area contributed by atoms with Crippen molar-refractivity contribution in [2.45, 2.75) is 20.3 Å². The number of carbonyl (C=O) groups is 2. The molecule has 0 fully saturated rings. The molecule has 1 N–H and O–H groups in total. The quantitative estimate of drug-likeness (QED) is 0.353. The number of amides is 1. The van der Waals surface area contributed by atoms with Crippen LogP contribution in [0.3, 0.4) is 0 Å². The number of anilines is 1. The van der Waals surface area contributed by atoms with Crippen LogP contribution in [0.5, 0.6) is 0 Å². The summed E-state index contributed by atoms with van der Waals surface area (Å²) in [5.41, 5.74) is 3.86. The highest BCUT2D eigenvalue weighted by Crippen LogP contribution is 2.37. The standard InChI is InChI=1S/C26H23NO3S/c1-3-17-12-14-19(15-13-17)22-16-31-25(23(22)26(29)30-4-2)27-24(28)21-11-7-9-18-8-5-6-10-20(18)21/h5-16H,3-4H2,1-2H3,(H,27,28). The fourth-order valence-corrected chi connectivity index (χ4v) is 4.53. The van der Waals surface area contributed by atoms with Gasteiger partial charge in [-0.25, -0.2) is 4.79 Å². The number of aryl methyl sites for hydroxylation is 1. The summed E-state index contributed by atoms with van der Waals surface area (Å²) in [6.45, 7) is 4.14. The number of rotatable bonds is 6. The maximum atomic E-state index is 13.1. The van der Waals surface area contributed by atoms with Crippen molar-refractivity contribution in [3.05, 3.63) is 88.8 Å². The van der Waals surface area contributed by atoms with Crippen molar-refractivity contribution in [3.8, 4) is 11.1 Å². The van der Waals surface area contributed by atoms with Crippen molar-refractivity contribution in [1.82, 2.24) is 0 Å². The van der Waals surface area contributed by atoms with Crippen molar-refractivity contribution in [2.75, 3.05) is 11.9 Å². The van der Waals surface area contributed by atoms with Crippen LogP contribution in [0.2, 0.25) is 0 Å². The van der Waals surface area contributed by atoms with Crippen molar-refractivity contribution in [3.63, 3.8) is 0 Å². The lowest BCUT2D eigenvalue weighted by Crippen LogP contribution is -2.15. The minimum Gasteiger partial charge on any atom is -0.462 e. The summed E-state index contributed by atoms with van der Waals surface area (Å²) in [7, 11) is 0. The van der Waals surface area contributed by atoms with Gasteiger partial charge in [0.05, 0.1) is 6.61 Å². The molecule has 4 nitrogen and oxygen atoms in total. The van der Waals surface area contributed by atoms with Crippen LogP contribution in [0, 0.1) is 0 Å². The zero-order valence-corrected chi connectivity index (χ0v) is 18.3. The van der Waals surface area contributed by atoms with Crippen molar-refractivity contribution < 1.29 is 14.3 Å². The molecule has 0 aliphatic heterocycles. The number of esters is 1. The molecule has 0 bridgehead atoms. The molecule has 4 aromatic rings. The van der Waals surface area contributed by atoms with Crippen LogP contribution in [0.1, 0.15) is 40.1 Å². The maximum absolute atomic E-state index is 13.1. The SMILES string of the molecule is CCOC(=O)c1c(-c2ccc(CC)cc2)csc1NC(=O)c1cccc2ccccc12. The van der Waals surface area contributed by atoms with E-state index in [9.17, 15) is 9.59 Å². The molecule has 156 valence electrons. The first-order chi connectivity index (χ1) is 15.1. The van der Waals surface area contributed by atoms with E-state index in [1.807, 2.05) is 53.9 Å². The molecule has 0 aliphatic carbocycles. The van der Waals surface area contributed by atoms with Gasteiger partial charge in [-0.2, -0.15) is 0 Å². The molecule has 0 saturated heterocycles. The van der Waals surface area contributed by atoms with E-state index in [1.54, 1.807) is 13.0 Å². The molecule has 4 rings (SSSR count). The number of fused-ring (bicyclic) bond motifs is 1. The molecular weight excluding hydrogens is 406 g/mol. The zero-order chi connectivity index (χ0) is 21.8. The Hall–Kier alpha value is -3.44. The zero-order valence-electron chi connectivity index (χ0n) is 17.5. The van der Waals surface area contributed by atoms with Crippen LogP contribution in [0.25, 0.3) is 21.9 Å². The van der Waals surface area contributed by atoms with Crippen LogP contribution in [-0.4, -0.2) is 18.5 Å². The fraction of sp³-hybridized carbons (Fsp3) is 0.154. The Morgan fingerprint density at radius 3 is 2.42 bits per heavy atom. The molecule has 31 heavy (non-hydrogen) atoms. The average molecular weight is 430 g/mol. The second kappa shape index (κ2) is 9.14. The number of thiophene rings is 1. The number of carbonyl (C=O) groups excluding carboxylic acids is 2. The van der Waals surface area contributed by atoms with Crippen LogP contribution in [0.15, 0.2) is 72.1 Å². The third-order valence-electron chi connectivity index (χ3n) is 5.21. The number of hydrogen-bond acceptors (Lipinski definition) is 4. The van der Waals surface area contributed by atoms with E-state index in [2.05, 4.69) is 24.4 Å². The summed E-state index contributed by atoms with van der Waals surface area (Å²) in [5.74, 6) is -0.691. The highest BCUT2D eigenvalue weighted by molar-refractivity contribution is 7.15. The maximum Gasteiger partial charge on any atom is 0.341 e. The predicted octanol–water partition coefficient (Wildman–Crippen LogP) is 6.56. The minimum absolute atomic E-state index is 0.253. The number of benzene rings is 3. The molecule has 1 aromatic heterocycles. The second-order valence-electron chi connectivity index (χ2n) is 7.11. The summed E-state index contributed by atoms with van der Waals surface area (Å²) in [5, 5.41) is 7.19. The molecule has 5 heteroatoms. The van der Waals surface area contributed by atoms with Gasteiger partial charge in [0.15, 0.2) is 0 Å². The van der Waals surface area contributed by atoms with E-state index < -0.39 is 5.97 Å². The van der Waals surface area contributed by atoms with Crippen molar-refractivity contribution in [2.24, 2.45) is 0 Å². The lowest BCUT2D eigenvalue weighted by Gasteiger charge is -2.10. The van der Waals surface area contributed by atoms with E-state index in [0.717, 1.165) is 28.3 Å². The molecule has 0 atom stereocenters. The summed E-state index contributed by atoms with van der Waals surface area (Å²) in [6.07, 6.45) is 0.945. The van der Waals surface area contributed by atoms with E-state index in [0.29, 0.717) is 16.1 Å². The second-order valence-corrected chi connectivity index (χ2v) is 7.98.